The van der Waals surface area contributed by atoms with Crippen molar-refractivity contribution in [1.29, 1.82) is 0 Å². The van der Waals surface area contributed by atoms with Crippen LogP contribution in [0.4, 0.5) is 8.78 Å². The number of hydrogen-bond acceptors (Lipinski definition) is 1. The molecule has 1 aromatic heterocycles. The van der Waals surface area contributed by atoms with Crippen LogP contribution in [0.1, 0.15) is 5.56 Å². The summed E-state index contributed by atoms with van der Waals surface area (Å²) in [4.78, 5) is 0. The lowest BCUT2D eigenvalue weighted by atomic mass is 10.1. The van der Waals surface area contributed by atoms with Crippen LogP contribution in [0.5, 0.6) is 0 Å². The fraction of sp³-hybridized carbons (Fsp3) is 0.111. The summed E-state index contributed by atoms with van der Waals surface area (Å²) in [6.45, 7) is 0. The highest BCUT2D eigenvalue weighted by atomic mass is 79.9. The highest BCUT2D eigenvalue weighted by Crippen LogP contribution is 2.28. The predicted octanol–water partition coefficient (Wildman–Crippen LogP) is 4.07. The SMILES string of the molecule is Fc1cc2sccc2c(F)c1CBr. The molecule has 0 saturated carbocycles. The fourth-order valence-corrected chi connectivity index (χ4v) is 2.53. The van der Waals surface area contributed by atoms with Crippen molar-refractivity contribution in [2.75, 3.05) is 0 Å². The summed E-state index contributed by atoms with van der Waals surface area (Å²) in [6, 6.07) is 3.04. The van der Waals surface area contributed by atoms with E-state index in [0.717, 1.165) is 0 Å². The maximum atomic E-state index is 13.5. The van der Waals surface area contributed by atoms with Gasteiger partial charge in [-0.3, -0.25) is 0 Å². The molecule has 0 fully saturated rings. The van der Waals surface area contributed by atoms with Gasteiger partial charge in [-0.15, -0.1) is 11.3 Å². The van der Waals surface area contributed by atoms with Crippen LogP contribution in [0.3, 0.4) is 0 Å². The van der Waals surface area contributed by atoms with Gasteiger partial charge in [0.05, 0.1) is 0 Å². The number of alkyl halides is 1. The van der Waals surface area contributed by atoms with Crippen LogP contribution >= 0.6 is 27.3 Å². The minimum absolute atomic E-state index is 0.103. The Morgan fingerprint density at radius 1 is 1.38 bits per heavy atom. The third-order valence-electron chi connectivity index (χ3n) is 1.88. The highest BCUT2D eigenvalue weighted by molar-refractivity contribution is 9.08. The molecule has 0 aliphatic heterocycles. The first-order chi connectivity index (χ1) is 6.24. The van der Waals surface area contributed by atoms with E-state index in [4.69, 9.17) is 0 Å². The number of rotatable bonds is 1. The molecule has 0 saturated heterocycles. The Hall–Kier alpha value is -0.480. The molecule has 0 spiro atoms. The van der Waals surface area contributed by atoms with Crippen LogP contribution in [-0.4, -0.2) is 0 Å². The van der Waals surface area contributed by atoms with Gasteiger partial charge < -0.3 is 0 Å². The monoisotopic (exact) mass is 262 g/mol. The largest absolute Gasteiger partial charge is 0.207 e. The van der Waals surface area contributed by atoms with Crippen molar-refractivity contribution in [2.24, 2.45) is 0 Å². The number of benzene rings is 1. The first kappa shape index (κ1) is 9.09. The molecule has 1 heterocycles. The van der Waals surface area contributed by atoms with Crippen LogP contribution in [0.15, 0.2) is 17.5 Å². The highest BCUT2D eigenvalue weighted by Gasteiger charge is 2.12. The van der Waals surface area contributed by atoms with E-state index < -0.39 is 11.6 Å². The van der Waals surface area contributed by atoms with Gasteiger partial charge in [-0.1, -0.05) is 15.9 Å². The van der Waals surface area contributed by atoms with Crippen molar-refractivity contribution in [3.05, 3.63) is 34.7 Å². The Morgan fingerprint density at radius 3 is 2.85 bits per heavy atom. The van der Waals surface area contributed by atoms with Crippen LogP contribution < -0.4 is 0 Å². The average Bonchev–Trinajstić information content (AvgIpc) is 2.53. The van der Waals surface area contributed by atoms with Gasteiger partial charge in [0.1, 0.15) is 11.6 Å². The van der Waals surface area contributed by atoms with E-state index in [1.165, 1.54) is 17.4 Å². The molecule has 0 amide bonds. The van der Waals surface area contributed by atoms with Crippen LogP contribution in [-0.2, 0) is 5.33 Å². The Kier molecular flexibility index (Phi) is 2.34. The zero-order valence-electron chi connectivity index (χ0n) is 6.48. The summed E-state index contributed by atoms with van der Waals surface area (Å²) in [5, 5.41) is 2.46. The molecule has 0 aliphatic rings. The molecule has 4 heteroatoms. The first-order valence-corrected chi connectivity index (χ1v) is 5.64. The summed E-state index contributed by atoms with van der Waals surface area (Å²) in [7, 11) is 0. The minimum atomic E-state index is -0.482. The van der Waals surface area contributed by atoms with Crippen LogP contribution in [0, 0.1) is 11.6 Å². The van der Waals surface area contributed by atoms with E-state index in [9.17, 15) is 8.78 Å². The smallest absolute Gasteiger partial charge is 0.138 e. The van der Waals surface area contributed by atoms with Gasteiger partial charge in [0, 0.05) is 21.0 Å². The van der Waals surface area contributed by atoms with E-state index in [0.29, 0.717) is 10.1 Å². The third kappa shape index (κ3) is 1.38. The maximum Gasteiger partial charge on any atom is 0.138 e. The Balaban J connectivity index is 2.85. The van der Waals surface area contributed by atoms with Crippen molar-refractivity contribution < 1.29 is 8.78 Å². The Morgan fingerprint density at radius 2 is 2.15 bits per heavy atom. The normalized spacial score (nSPS) is 11.0. The van der Waals surface area contributed by atoms with Gasteiger partial charge in [0.15, 0.2) is 0 Å². The quantitative estimate of drug-likeness (QED) is 0.680. The van der Waals surface area contributed by atoms with Gasteiger partial charge in [0.2, 0.25) is 0 Å². The number of halogens is 3. The molecule has 0 radical (unpaired) electrons. The predicted molar refractivity (Wildman–Crippen MR) is 54.4 cm³/mol. The molecule has 0 aliphatic carbocycles. The second-order valence-corrected chi connectivity index (χ2v) is 4.13. The van der Waals surface area contributed by atoms with E-state index in [2.05, 4.69) is 15.9 Å². The van der Waals surface area contributed by atoms with Gasteiger partial charge >= 0.3 is 0 Å². The lowest BCUT2D eigenvalue weighted by molar-refractivity contribution is 0.576. The molecule has 0 bridgehead atoms. The third-order valence-corrected chi connectivity index (χ3v) is 3.30. The van der Waals surface area contributed by atoms with E-state index in [1.807, 2.05) is 0 Å². The number of thiophene rings is 1. The molecule has 0 unspecified atom stereocenters. The second-order valence-electron chi connectivity index (χ2n) is 2.62. The van der Waals surface area contributed by atoms with E-state index in [-0.39, 0.29) is 10.9 Å². The Bertz CT molecular complexity index is 450. The lowest BCUT2D eigenvalue weighted by Gasteiger charge is -2.01. The molecular weight excluding hydrogens is 258 g/mol. The van der Waals surface area contributed by atoms with E-state index >= 15 is 0 Å². The molecule has 1 aromatic carbocycles. The zero-order chi connectivity index (χ0) is 9.42. The molecule has 0 nitrogen and oxygen atoms in total. The summed E-state index contributed by atoms with van der Waals surface area (Å²) in [6.07, 6.45) is 0. The topological polar surface area (TPSA) is 0 Å². The van der Waals surface area contributed by atoms with Crippen molar-refractivity contribution in [3.8, 4) is 0 Å². The van der Waals surface area contributed by atoms with Gasteiger partial charge in [-0.25, -0.2) is 8.78 Å². The van der Waals surface area contributed by atoms with E-state index in [1.54, 1.807) is 11.4 Å². The standard InChI is InChI=1S/C9H5BrF2S/c10-4-6-7(11)3-8-5(9(6)12)1-2-13-8/h1-3H,4H2. The zero-order valence-corrected chi connectivity index (χ0v) is 8.88. The van der Waals surface area contributed by atoms with Crippen LogP contribution in [0.25, 0.3) is 10.1 Å². The Labute approximate surface area is 86.3 Å². The van der Waals surface area contributed by atoms with Gasteiger partial charge in [-0.05, 0) is 17.5 Å². The van der Waals surface area contributed by atoms with Crippen molar-refractivity contribution in [1.82, 2.24) is 0 Å². The van der Waals surface area contributed by atoms with Crippen molar-refractivity contribution >= 4 is 37.4 Å². The van der Waals surface area contributed by atoms with Crippen molar-refractivity contribution in [2.45, 2.75) is 5.33 Å². The number of hydrogen-bond donors (Lipinski definition) is 0. The summed E-state index contributed by atoms with van der Waals surface area (Å²) >= 11 is 4.40. The molecule has 2 aromatic rings. The van der Waals surface area contributed by atoms with Crippen molar-refractivity contribution in [3.63, 3.8) is 0 Å². The van der Waals surface area contributed by atoms with Gasteiger partial charge in [-0.2, -0.15) is 0 Å². The fourth-order valence-electron chi connectivity index (χ4n) is 1.21. The summed E-state index contributed by atoms with van der Waals surface area (Å²) in [5.74, 6) is -0.933. The maximum absolute atomic E-state index is 13.5. The molecule has 0 N–H and O–H groups in total. The summed E-state index contributed by atoms with van der Waals surface area (Å²) in [5.41, 5.74) is 0.103. The summed E-state index contributed by atoms with van der Waals surface area (Å²) < 4.78 is 27.3. The number of fused-ring (bicyclic) bond motifs is 1. The first-order valence-electron chi connectivity index (χ1n) is 3.64. The molecule has 13 heavy (non-hydrogen) atoms. The average molecular weight is 263 g/mol. The molecule has 0 atom stereocenters. The second kappa shape index (κ2) is 3.35. The molecular formula is C9H5BrF2S. The van der Waals surface area contributed by atoms with Gasteiger partial charge in [0.25, 0.3) is 0 Å². The van der Waals surface area contributed by atoms with Crippen LogP contribution in [0.2, 0.25) is 0 Å². The molecule has 2 rings (SSSR count). The minimum Gasteiger partial charge on any atom is -0.207 e. The molecule has 68 valence electrons. The lowest BCUT2D eigenvalue weighted by Crippen LogP contribution is -1.91.